The van der Waals surface area contributed by atoms with Crippen molar-refractivity contribution in [2.45, 2.75) is 31.7 Å². The van der Waals surface area contributed by atoms with E-state index >= 15 is 0 Å². The van der Waals surface area contributed by atoms with Gasteiger partial charge in [-0.3, -0.25) is 4.79 Å². The molecule has 1 fully saturated rings. The van der Waals surface area contributed by atoms with Gasteiger partial charge in [0, 0.05) is 19.6 Å². The zero-order chi connectivity index (χ0) is 12.9. The van der Waals surface area contributed by atoms with Crippen LogP contribution in [0.4, 0.5) is 0 Å². The van der Waals surface area contributed by atoms with Crippen LogP contribution < -0.4 is 10.5 Å². The molecule has 1 atom stereocenters. The lowest BCUT2D eigenvalue weighted by Crippen LogP contribution is -2.42. The summed E-state index contributed by atoms with van der Waals surface area (Å²) < 4.78 is 24.0. The molecule has 1 unspecified atom stereocenters. The largest absolute Gasteiger partial charge is 0.341 e. The van der Waals surface area contributed by atoms with E-state index in [-0.39, 0.29) is 18.3 Å². The van der Waals surface area contributed by atoms with Crippen LogP contribution in [0.3, 0.4) is 0 Å². The summed E-state index contributed by atoms with van der Waals surface area (Å²) in [7, 11) is -3.14. The Morgan fingerprint density at radius 3 is 2.44 bits per heavy atom. The molecule has 1 rings (SSSR count). The van der Waals surface area contributed by atoms with Crippen molar-refractivity contribution < 1.29 is 13.2 Å². The summed E-state index contributed by atoms with van der Waals surface area (Å²) in [6, 6.07) is -0.505. The second-order valence-corrected chi connectivity index (χ2v) is 6.28. The number of halogens is 1. The number of sulfonamides is 1. The molecule has 1 saturated heterocycles. The molecule has 1 heterocycles. The molecule has 6 nitrogen and oxygen atoms in total. The molecule has 108 valence electrons. The van der Waals surface area contributed by atoms with Crippen molar-refractivity contribution >= 4 is 28.3 Å². The van der Waals surface area contributed by atoms with Gasteiger partial charge in [0.25, 0.3) is 0 Å². The maximum atomic E-state index is 11.8. The van der Waals surface area contributed by atoms with Crippen LogP contribution in [-0.2, 0) is 14.8 Å². The summed E-state index contributed by atoms with van der Waals surface area (Å²) in [6.45, 7) is 1.93. The van der Waals surface area contributed by atoms with Gasteiger partial charge in [-0.25, -0.2) is 13.1 Å². The molecule has 0 aromatic heterocycles. The third kappa shape index (κ3) is 6.53. The van der Waals surface area contributed by atoms with Crippen molar-refractivity contribution in [3.05, 3.63) is 0 Å². The third-order valence-electron chi connectivity index (χ3n) is 2.79. The lowest BCUT2D eigenvalue weighted by Gasteiger charge is -2.20. The van der Waals surface area contributed by atoms with Gasteiger partial charge in [-0.15, -0.1) is 12.4 Å². The number of hydrogen-bond acceptors (Lipinski definition) is 4. The molecule has 1 aliphatic heterocycles. The normalized spacial score (nSPS) is 17.3. The van der Waals surface area contributed by atoms with E-state index in [4.69, 9.17) is 5.73 Å². The molecule has 3 N–H and O–H groups in total. The lowest BCUT2D eigenvalue weighted by atomic mass is 10.1. The number of carbonyl (C=O) groups is 1. The summed E-state index contributed by atoms with van der Waals surface area (Å²) in [4.78, 5) is 13.6. The molecular formula is C10H22ClN3O3S. The van der Waals surface area contributed by atoms with Crippen molar-refractivity contribution in [1.82, 2.24) is 9.62 Å². The second-order valence-electron chi connectivity index (χ2n) is 4.45. The van der Waals surface area contributed by atoms with Gasteiger partial charge in [0.2, 0.25) is 15.9 Å². The van der Waals surface area contributed by atoms with Crippen LogP contribution in [0.25, 0.3) is 0 Å². The Balaban J connectivity index is 0.00000289. The summed E-state index contributed by atoms with van der Waals surface area (Å²) in [5.74, 6) is -0.0122. The minimum Gasteiger partial charge on any atom is -0.341 e. The van der Waals surface area contributed by atoms with Crippen LogP contribution in [0, 0.1) is 0 Å². The highest BCUT2D eigenvalue weighted by Crippen LogP contribution is 2.10. The summed E-state index contributed by atoms with van der Waals surface area (Å²) >= 11 is 0. The monoisotopic (exact) mass is 299 g/mol. The van der Waals surface area contributed by atoms with Crippen molar-refractivity contribution in [1.29, 1.82) is 0 Å². The Kier molecular flexibility index (Phi) is 7.77. The summed E-state index contributed by atoms with van der Waals surface area (Å²) in [5, 5.41) is 0. The van der Waals surface area contributed by atoms with Gasteiger partial charge in [0.05, 0.1) is 12.3 Å². The number of likely N-dealkylation sites (tertiary alicyclic amines) is 1. The Morgan fingerprint density at radius 1 is 1.39 bits per heavy atom. The first-order valence-electron chi connectivity index (χ1n) is 5.89. The number of nitrogens with one attached hydrogen (secondary N) is 1. The van der Waals surface area contributed by atoms with E-state index in [1.54, 1.807) is 4.90 Å². The van der Waals surface area contributed by atoms with Gasteiger partial charge in [-0.1, -0.05) is 0 Å². The van der Waals surface area contributed by atoms with Crippen LogP contribution in [0.15, 0.2) is 0 Å². The zero-order valence-corrected chi connectivity index (χ0v) is 12.2. The molecule has 0 aromatic carbocycles. The predicted octanol–water partition coefficient (Wildman–Crippen LogP) is -0.313. The molecular weight excluding hydrogens is 278 g/mol. The highest BCUT2D eigenvalue weighted by atomic mass is 35.5. The molecule has 1 aliphatic rings. The van der Waals surface area contributed by atoms with Crippen LogP contribution >= 0.6 is 12.4 Å². The first-order chi connectivity index (χ1) is 7.90. The van der Waals surface area contributed by atoms with E-state index in [2.05, 4.69) is 4.72 Å². The molecule has 0 spiro atoms. The van der Waals surface area contributed by atoms with E-state index < -0.39 is 16.1 Å². The number of carbonyl (C=O) groups excluding carboxylic acids is 1. The van der Waals surface area contributed by atoms with E-state index in [1.165, 1.54) is 0 Å². The van der Waals surface area contributed by atoms with Crippen LogP contribution in [-0.4, -0.2) is 51.2 Å². The molecule has 0 radical (unpaired) electrons. The van der Waals surface area contributed by atoms with Crippen LogP contribution in [0.2, 0.25) is 0 Å². The Labute approximate surface area is 115 Å². The number of amides is 1. The fourth-order valence-electron chi connectivity index (χ4n) is 1.88. The summed E-state index contributed by atoms with van der Waals surface area (Å²) in [6.07, 6.45) is 4.30. The molecule has 0 aromatic rings. The Bertz CT molecular complexity index is 355. The topological polar surface area (TPSA) is 92.5 Å². The SMILES string of the molecule is CS(=O)(=O)NCCCC(N)C(=O)N1CCCC1.Cl. The maximum absolute atomic E-state index is 11.8. The number of rotatable bonds is 6. The van der Waals surface area contributed by atoms with Gasteiger partial charge in [-0.2, -0.15) is 0 Å². The predicted molar refractivity (Wildman–Crippen MR) is 73.1 cm³/mol. The lowest BCUT2D eigenvalue weighted by molar-refractivity contribution is -0.131. The quantitative estimate of drug-likeness (QED) is 0.658. The minimum atomic E-state index is -3.14. The first-order valence-corrected chi connectivity index (χ1v) is 7.78. The van der Waals surface area contributed by atoms with E-state index in [0.717, 1.165) is 32.2 Å². The van der Waals surface area contributed by atoms with Crippen LogP contribution in [0.1, 0.15) is 25.7 Å². The zero-order valence-electron chi connectivity index (χ0n) is 10.6. The Morgan fingerprint density at radius 2 is 1.94 bits per heavy atom. The fraction of sp³-hybridized carbons (Fsp3) is 0.900. The molecule has 0 aliphatic carbocycles. The van der Waals surface area contributed by atoms with Gasteiger partial charge in [-0.05, 0) is 25.7 Å². The van der Waals surface area contributed by atoms with Gasteiger partial charge >= 0.3 is 0 Å². The molecule has 1 amide bonds. The van der Waals surface area contributed by atoms with Gasteiger partial charge < -0.3 is 10.6 Å². The van der Waals surface area contributed by atoms with Crippen molar-refractivity contribution in [3.63, 3.8) is 0 Å². The van der Waals surface area contributed by atoms with E-state index in [0.29, 0.717) is 19.4 Å². The number of hydrogen-bond donors (Lipinski definition) is 2. The smallest absolute Gasteiger partial charge is 0.239 e. The standard InChI is InChI=1S/C10H21N3O3S.ClH/c1-17(15,16)12-6-4-5-9(11)10(14)13-7-2-3-8-13;/h9,12H,2-8,11H2,1H3;1H. The highest BCUT2D eigenvalue weighted by Gasteiger charge is 2.23. The van der Waals surface area contributed by atoms with Gasteiger partial charge in [0.15, 0.2) is 0 Å². The average molecular weight is 300 g/mol. The maximum Gasteiger partial charge on any atom is 0.239 e. The van der Waals surface area contributed by atoms with Gasteiger partial charge in [0.1, 0.15) is 0 Å². The average Bonchev–Trinajstić information content (AvgIpc) is 2.74. The molecule has 0 bridgehead atoms. The first kappa shape index (κ1) is 17.6. The fourth-order valence-corrected chi connectivity index (χ4v) is 2.39. The van der Waals surface area contributed by atoms with E-state index in [9.17, 15) is 13.2 Å². The Hall–Kier alpha value is -0.370. The van der Waals surface area contributed by atoms with Crippen molar-refractivity contribution in [2.75, 3.05) is 25.9 Å². The van der Waals surface area contributed by atoms with Crippen molar-refractivity contribution in [3.8, 4) is 0 Å². The third-order valence-corrected chi connectivity index (χ3v) is 3.52. The second kappa shape index (κ2) is 7.93. The molecule has 8 heteroatoms. The molecule has 18 heavy (non-hydrogen) atoms. The highest BCUT2D eigenvalue weighted by molar-refractivity contribution is 7.88. The molecule has 0 saturated carbocycles. The number of nitrogens with zero attached hydrogens (tertiary/aromatic N) is 1. The number of nitrogens with two attached hydrogens (primary N) is 1. The van der Waals surface area contributed by atoms with Crippen LogP contribution in [0.5, 0.6) is 0 Å². The van der Waals surface area contributed by atoms with Crippen molar-refractivity contribution in [2.24, 2.45) is 5.73 Å². The summed E-state index contributed by atoms with van der Waals surface area (Å²) in [5.41, 5.74) is 5.78. The minimum absolute atomic E-state index is 0. The van der Waals surface area contributed by atoms with E-state index in [1.807, 2.05) is 0 Å².